The normalized spacial score (nSPS) is 16.5. The van der Waals surface area contributed by atoms with Gasteiger partial charge in [0, 0.05) is 0 Å². The highest BCUT2D eigenvalue weighted by Gasteiger charge is 2.15. The van der Waals surface area contributed by atoms with E-state index in [1.54, 1.807) is 0 Å². The number of nitrogens with zero attached hydrogens (tertiary/aromatic N) is 1. The summed E-state index contributed by atoms with van der Waals surface area (Å²) >= 11 is 0. The third kappa shape index (κ3) is 2.42. The van der Waals surface area contributed by atoms with Crippen molar-refractivity contribution in [3.63, 3.8) is 0 Å². The standard InChI is InChI=1S/C12H18N2O/c1-2-15-12-6-4-3-5-11(12)14-9-7-13-8-10-14/h3-6,13H,2,7-10H2,1H3/p+1. The Balaban J connectivity index is 2.17. The highest BCUT2D eigenvalue weighted by molar-refractivity contribution is 5.58. The van der Waals surface area contributed by atoms with Crippen LogP contribution >= 0.6 is 0 Å². The number of para-hydroxylation sites is 2. The second-order valence-corrected chi connectivity index (χ2v) is 3.75. The molecule has 1 aliphatic heterocycles. The van der Waals surface area contributed by atoms with Crippen LogP contribution in [-0.4, -0.2) is 32.8 Å². The number of nitrogens with two attached hydrogens (primary N) is 1. The van der Waals surface area contributed by atoms with E-state index in [4.69, 9.17) is 4.74 Å². The molecule has 0 unspecified atom stereocenters. The van der Waals surface area contributed by atoms with Crippen LogP contribution in [0.5, 0.6) is 5.75 Å². The van der Waals surface area contributed by atoms with E-state index in [-0.39, 0.29) is 0 Å². The predicted molar refractivity (Wildman–Crippen MR) is 61.5 cm³/mol. The minimum absolute atomic E-state index is 0.733. The molecule has 0 atom stereocenters. The van der Waals surface area contributed by atoms with Crippen molar-refractivity contribution >= 4 is 5.69 Å². The van der Waals surface area contributed by atoms with Crippen molar-refractivity contribution in [3.8, 4) is 5.75 Å². The molecule has 1 aromatic rings. The summed E-state index contributed by atoms with van der Waals surface area (Å²) in [5.41, 5.74) is 1.24. The Morgan fingerprint density at radius 1 is 1.27 bits per heavy atom. The summed E-state index contributed by atoms with van der Waals surface area (Å²) in [6.07, 6.45) is 0. The van der Waals surface area contributed by atoms with Gasteiger partial charge in [-0.3, -0.25) is 0 Å². The maximum Gasteiger partial charge on any atom is 0.142 e. The summed E-state index contributed by atoms with van der Waals surface area (Å²) in [5, 5.41) is 2.36. The van der Waals surface area contributed by atoms with Crippen LogP contribution in [0.1, 0.15) is 6.92 Å². The van der Waals surface area contributed by atoms with Gasteiger partial charge in [-0.2, -0.15) is 0 Å². The van der Waals surface area contributed by atoms with Crippen LogP contribution in [0.15, 0.2) is 24.3 Å². The molecule has 3 nitrogen and oxygen atoms in total. The van der Waals surface area contributed by atoms with Crippen molar-refractivity contribution in [3.05, 3.63) is 24.3 Å². The molecule has 1 heterocycles. The maximum atomic E-state index is 5.64. The Kier molecular flexibility index (Phi) is 3.45. The quantitative estimate of drug-likeness (QED) is 0.780. The molecular formula is C12H19N2O+. The zero-order valence-electron chi connectivity index (χ0n) is 9.28. The first-order valence-electron chi connectivity index (χ1n) is 5.70. The second-order valence-electron chi connectivity index (χ2n) is 3.75. The smallest absolute Gasteiger partial charge is 0.142 e. The third-order valence-corrected chi connectivity index (χ3v) is 2.71. The zero-order chi connectivity index (χ0) is 10.5. The van der Waals surface area contributed by atoms with E-state index in [0.717, 1.165) is 25.4 Å². The molecule has 1 aliphatic rings. The van der Waals surface area contributed by atoms with E-state index in [1.165, 1.54) is 18.8 Å². The molecule has 1 aromatic carbocycles. The topological polar surface area (TPSA) is 29.1 Å². The largest absolute Gasteiger partial charge is 0.492 e. The van der Waals surface area contributed by atoms with Crippen LogP contribution in [0.3, 0.4) is 0 Å². The first-order chi connectivity index (χ1) is 7.42. The van der Waals surface area contributed by atoms with Gasteiger partial charge in [0.25, 0.3) is 0 Å². The minimum atomic E-state index is 0.733. The number of hydrogen-bond donors (Lipinski definition) is 1. The molecule has 2 rings (SSSR count). The average Bonchev–Trinajstić information content (AvgIpc) is 2.31. The number of rotatable bonds is 3. The van der Waals surface area contributed by atoms with E-state index in [1.807, 2.05) is 13.0 Å². The van der Waals surface area contributed by atoms with Crippen molar-refractivity contribution in [2.75, 3.05) is 37.7 Å². The first kappa shape index (κ1) is 10.3. The molecular weight excluding hydrogens is 188 g/mol. The molecule has 82 valence electrons. The predicted octanol–water partition coefficient (Wildman–Crippen LogP) is 0.469. The first-order valence-corrected chi connectivity index (χ1v) is 5.70. The molecule has 3 heteroatoms. The van der Waals surface area contributed by atoms with E-state index >= 15 is 0 Å². The SMILES string of the molecule is CCOc1ccccc1N1CC[NH2+]CC1. The van der Waals surface area contributed by atoms with Gasteiger partial charge in [-0.1, -0.05) is 12.1 Å². The van der Waals surface area contributed by atoms with Crippen LogP contribution in [-0.2, 0) is 0 Å². The van der Waals surface area contributed by atoms with Crippen molar-refractivity contribution < 1.29 is 10.1 Å². The Labute approximate surface area is 91.0 Å². The number of hydrogen-bond acceptors (Lipinski definition) is 2. The second kappa shape index (κ2) is 5.03. The van der Waals surface area contributed by atoms with Crippen molar-refractivity contribution in [1.29, 1.82) is 0 Å². The lowest BCUT2D eigenvalue weighted by Crippen LogP contribution is -2.89. The van der Waals surface area contributed by atoms with Crippen molar-refractivity contribution in [2.24, 2.45) is 0 Å². The summed E-state index contributed by atoms with van der Waals surface area (Å²) in [5.74, 6) is 1.02. The molecule has 0 saturated carbocycles. The van der Waals surface area contributed by atoms with Crippen LogP contribution in [0.25, 0.3) is 0 Å². The Bertz CT molecular complexity index is 308. The fourth-order valence-corrected chi connectivity index (χ4v) is 1.99. The zero-order valence-corrected chi connectivity index (χ0v) is 9.28. The molecule has 0 spiro atoms. The van der Waals surface area contributed by atoms with E-state index in [0.29, 0.717) is 0 Å². The lowest BCUT2D eigenvalue weighted by molar-refractivity contribution is -0.655. The van der Waals surface area contributed by atoms with Gasteiger partial charge in [0.05, 0.1) is 38.5 Å². The van der Waals surface area contributed by atoms with Gasteiger partial charge in [-0.25, -0.2) is 0 Å². The Morgan fingerprint density at radius 2 is 2.00 bits per heavy atom. The minimum Gasteiger partial charge on any atom is -0.492 e. The van der Waals surface area contributed by atoms with Gasteiger partial charge >= 0.3 is 0 Å². The van der Waals surface area contributed by atoms with Gasteiger partial charge in [0.2, 0.25) is 0 Å². The lowest BCUT2D eigenvalue weighted by atomic mass is 10.2. The van der Waals surface area contributed by atoms with Crippen molar-refractivity contribution in [2.45, 2.75) is 6.92 Å². The molecule has 1 saturated heterocycles. The van der Waals surface area contributed by atoms with Crippen LogP contribution in [0, 0.1) is 0 Å². The summed E-state index contributed by atoms with van der Waals surface area (Å²) in [6, 6.07) is 8.31. The molecule has 1 fully saturated rings. The monoisotopic (exact) mass is 207 g/mol. The molecule has 0 aliphatic carbocycles. The maximum absolute atomic E-state index is 5.64. The fourth-order valence-electron chi connectivity index (χ4n) is 1.99. The summed E-state index contributed by atoms with van der Waals surface area (Å²) in [7, 11) is 0. The lowest BCUT2D eigenvalue weighted by Gasteiger charge is -2.28. The fraction of sp³-hybridized carbons (Fsp3) is 0.500. The summed E-state index contributed by atoms with van der Waals surface area (Å²) < 4.78 is 5.64. The van der Waals surface area contributed by atoms with E-state index in [2.05, 4.69) is 28.4 Å². The number of benzene rings is 1. The molecule has 0 amide bonds. The highest BCUT2D eigenvalue weighted by Crippen LogP contribution is 2.27. The average molecular weight is 207 g/mol. The summed E-state index contributed by atoms with van der Waals surface area (Å²) in [4.78, 5) is 2.41. The number of ether oxygens (including phenoxy) is 1. The van der Waals surface area contributed by atoms with Crippen LogP contribution in [0.2, 0.25) is 0 Å². The summed E-state index contributed by atoms with van der Waals surface area (Å²) in [6.45, 7) is 7.35. The van der Waals surface area contributed by atoms with Gasteiger partial charge in [0.15, 0.2) is 0 Å². The molecule has 0 radical (unpaired) electrons. The molecule has 0 bridgehead atoms. The van der Waals surface area contributed by atoms with Crippen LogP contribution in [0.4, 0.5) is 5.69 Å². The number of piperazine rings is 1. The molecule has 0 aromatic heterocycles. The molecule has 15 heavy (non-hydrogen) atoms. The van der Waals surface area contributed by atoms with Crippen molar-refractivity contribution in [1.82, 2.24) is 0 Å². The Morgan fingerprint density at radius 3 is 2.73 bits per heavy atom. The third-order valence-electron chi connectivity index (χ3n) is 2.71. The Hall–Kier alpha value is -1.22. The molecule has 2 N–H and O–H groups in total. The van der Waals surface area contributed by atoms with Gasteiger partial charge in [-0.15, -0.1) is 0 Å². The van der Waals surface area contributed by atoms with Gasteiger partial charge < -0.3 is 15.0 Å². The van der Waals surface area contributed by atoms with Crippen LogP contribution < -0.4 is 15.0 Å². The van der Waals surface area contributed by atoms with E-state index < -0.39 is 0 Å². The number of quaternary nitrogens is 1. The highest BCUT2D eigenvalue weighted by atomic mass is 16.5. The number of anilines is 1. The van der Waals surface area contributed by atoms with E-state index in [9.17, 15) is 0 Å². The van der Waals surface area contributed by atoms with Gasteiger partial charge in [-0.05, 0) is 19.1 Å². The van der Waals surface area contributed by atoms with Gasteiger partial charge in [0.1, 0.15) is 5.75 Å².